The summed E-state index contributed by atoms with van der Waals surface area (Å²) in [5.41, 5.74) is 1.49. The van der Waals surface area contributed by atoms with Crippen molar-refractivity contribution in [3.8, 4) is 0 Å². The third-order valence-corrected chi connectivity index (χ3v) is 3.36. The number of anilines is 1. The van der Waals surface area contributed by atoms with Gasteiger partial charge in [-0.2, -0.15) is 0 Å². The fraction of sp³-hybridized carbons (Fsp3) is 0.429. The smallest absolute Gasteiger partial charge is 0.313 e. The first-order valence-electron chi connectivity index (χ1n) is 6.44. The third kappa shape index (κ3) is 3.70. The summed E-state index contributed by atoms with van der Waals surface area (Å²) in [7, 11) is 0. The van der Waals surface area contributed by atoms with Gasteiger partial charge in [0.25, 0.3) is 0 Å². The van der Waals surface area contributed by atoms with Crippen LogP contribution in [0.1, 0.15) is 24.8 Å². The molecule has 0 aliphatic carbocycles. The summed E-state index contributed by atoms with van der Waals surface area (Å²) in [6, 6.07) is 5.22. The van der Waals surface area contributed by atoms with Crippen LogP contribution in [0.15, 0.2) is 18.2 Å². The van der Waals surface area contributed by atoms with E-state index in [0.29, 0.717) is 23.8 Å². The minimum Gasteiger partial charge on any atom is -0.334 e. The highest BCUT2D eigenvalue weighted by Gasteiger charge is 2.23. The molecule has 4 nitrogen and oxygen atoms in total. The molecule has 1 heterocycles. The van der Waals surface area contributed by atoms with Crippen LogP contribution in [0.4, 0.5) is 5.69 Å². The van der Waals surface area contributed by atoms with E-state index in [-0.39, 0.29) is 0 Å². The molecule has 1 aromatic rings. The fourth-order valence-electron chi connectivity index (χ4n) is 2.23. The van der Waals surface area contributed by atoms with Gasteiger partial charge in [-0.15, -0.1) is 0 Å². The monoisotopic (exact) mass is 280 g/mol. The molecule has 1 fully saturated rings. The molecule has 0 unspecified atom stereocenters. The lowest BCUT2D eigenvalue weighted by Crippen LogP contribution is -2.42. The number of carbonyl (C=O) groups excluding carboxylic acids is 2. The highest BCUT2D eigenvalue weighted by atomic mass is 35.5. The second-order valence-electron chi connectivity index (χ2n) is 4.82. The van der Waals surface area contributed by atoms with Crippen molar-refractivity contribution in [3.63, 3.8) is 0 Å². The highest BCUT2D eigenvalue weighted by molar-refractivity contribution is 6.39. The number of benzene rings is 1. The van der Waals surface area contributed by atoms with Gasteiger partial charge in [-0.3, -0.25) is 9.59 Å². The summed E-state index contributed by atoms with van der Waals surface area (Å²) in [6.07, 6.45) is 3.06. The van der Waals surface area contributed by atoms with Crippen molar-refractivity contribution in [2.24, 2.45) is 0 Å². The molecule has 2 amide bonds. The first-order chi connectivity index (χ1) is 9.06. The second-order valence-corrected chi connectivity index (χ2v) is 5.26. The summed E-state index contributed by atoms with van der Waals surface area (Å²) >= 11 is 5.92. The summed E-state index contributed by atoms with van der Waals surface area (Å²) < 4.78 is 0. The number of likely N-dealkylation sites (tertiary alicyclic amines) is 1. The third-order valence-electron chi connectivity index (χ3n) is 3.14. The number of carbonyl (C=O) groups is 2. The maximum atomic E-state index is 12.0. The van der Waals surface area contributed by atoms with E-state index >= 15 is 0 Å². The SMILES string of the molecule is Cc1cc(Cl)cc(NC(=O)C(=O)N2CCCCC2)c1. The van der Waals surface area contributed by atoms with Crippen molar-refractivity contribution in [1.82, 2.24) is 4.90 Å². The summed E-state index contributed by atoms with van der Waals surface area (Å²) in [5.74, 6) is -1.05. The topological polar surface area (TPSA) is 49.4 Å². The quantitative estimate of drug-likeness (QED) is 0.804. The number of hydrogen-bond donors (Lipinski definition) is 1. The van der Waals surface area contributed by atoms with Crippen LogP contribution in [0.5, 0.6) is 0 Å². The van der Waals surface area contributed by atoms with Crippen LogP contribution in [0, 0.1) is 6.92 Å². The van der Waals surface area contributed by atoms with Crippen molar-refractivity contribution in [1.29, 1.82) is 0 Å². The summed E-state index contributed by atoms with van der Waals surface area (Å²) in [6.45, 7) is 3.22. The molecule has 102 valence electrons. The Morgan fingerprint density at radius 1 is 1.16 bits per heavy atom. The Bertz CT molecular complexity index is 476. The predicted octanol–water partition coefficient (Wildman–Crippen LogP) is 2.60. The van der Waals surface area contributed by atoms with Crippen LogP contribution >= 0.6 is 11.6 Å². The van der Waals surface area contributed by atoms with Crippen LogP contribution in [0.3, 0.4) is 0 Å². The average molecular weight is 281 g/mol. The van der Waals surface area contributed by atoms with E-state index in [1.54, 1.807) is 23.1 Å². The molecule has 0 atom stereocenters. The van der Waals surface area contributed by atoms with E-state index in [2.05, 4.69) is 5.32 Å². The standard InChI is InChI=1S/C14H17ClN2O2/c1-10-7-11(15)9-12(8-10)16-13(18)14(19)17-5-3-2-4-6-17/h7-9H,2-6H2,1H3,(H,16,18). The van der Waals surface area contributed by atoms with Gasteiger partial charge in [-0.25, -0.2) is 0 Å². The number of piperidine rings is 1. The zero-order valence-electron chi connectivity index (χ0n) is 10.9. The maximum Gasteiger partial charge on any atom is 0.313 e. The molecule has 19 heavy (non-hydrogen) atoms. The van der Waals surface area contributed by atoms with Gasteiger partial charge in [-0.1, -0.05) is 11.6 Å². The minimum absolute atomic E-state index is 0.461. The molecule has 0 spiro atoms. The van der Waals surface area contributed by atoms with Crippen molar-refractivity contribution >= 4 is 29.1 Å². The molecule has 1 aliphatic rings. The normalized spacial score (nSPS) is 15.2. The van der Waals surface area contributed by atoms with Crippen molar-refractivity contribution in [2.75, 3.05) is 18.4 Å². The number of aryl methyl sites for hydroxylation is 1. The number of nitrogens with one attached hydrogen (secondary N) is 1. The largest absolute Gasteiger partial charge is 0.334 e. The van der Waals surface area contributed by atoms with Crippen molar-refractivity contribution < 1.29 is 9.59 Å². The van der Waals surface area contributed by atoms with Gasteiger partial charge < -0.3 is 10.2 Å². The minimum atomic E-state index is -0.594. The van der Waals surface area contributed by atoms with Crippen LogP contribution in [0.25, 0.3) is 0 Å². The Kier molecular flexibility index (Phi) is 4.43. The molecule has 0 aromatic heterocycles. The Hall–Kier alpha value is -1.55. The average Bonchev–Trinajstić information content (AvgIpc) is 2.37. The van der Waals surface area contributed by atoms with E-state index in [0.717, 1.165) is 24.8 Å². The second kappa shape index (κ2) is 6.06. The number of amides is 2. The van der Waals surface area contributed by atoms with Gasteiger partial charge in [-0.05, 0) is 49.9 Å². The van der Waals surface area contributed by atoms with Gasteiger partial charge in [0, 0.05) is 23.8 Å². The molecular weight excluding hydrogens is 264 g/mol. The molecule has 1 aromatic carbocycles. The molecule has 1 saturated heterocycles. The van der Waals surface area contributed by atoms with Crippen molar-refractivity contribution in [3.05, 3.63) is 28.8 Å². The molecule has 1 aliphatic heterocycles. The van der Waals surface area contributed by atoms with E-state index in [9.17, 15) is 9.59 Å². The lowest BCUT2D eigenvalue weighted by molar-refractivity contribution is -0.143. The van der Waals surface area contributed by atoms with Crippen LogP contribution in [0.2, 0.25) is 5.02 Å². The van der Waals surface area contributed by atoms with Crippen LogP contribution in [-0.2, 0) is 9.59 Å². The summed E-state index contributed by atoms with van der Waals surface area (Å²) in [4.78, 5) is 25.4. The molecule has 2 rings (SSSR count). The highest BCUT2D eigenvalue weighted by Crippen LogP contribution is 2.18. The number of halogens is 1. The molecule has 1 N–H and O–H groups in total. The molecule has 0 radical (unpaired) electrons. The van der Waals surface area contributed by atoms with Crippen molar-refractivity contribution in [2.45, 2.75) is 26.2 Å². The van der Waals surface area contributed by atoms with E-state index in [4.69, 9.17) is 11.6 Å². The van der Waals surface area contributed by atoms with Gasteiger partial charge in [0.05, 0.1) is 0 Å². The number of rotatable bonds is 1. The Morgan fingerprint density at radius 3 is 2.47 bits per heavy atom. The van der Waals surface area contributed by atoms with E-state index in [1.165, 1.54) is 0 Å². The van der Waals surface area contributed by atoms with E-state index < -0.39 is 11.8 Å². The number of nitrogens with zero attached hydrogens (tertiary/aromatic N) is 1. The Balaban J connectivity index is 2.01. The van der Waals surface area contributed by atoms with Crippen LogP contribution < -0.4 is 5.32 Å². The lowest BCUT2D eigenvalue weighted by atomic mass is 10.1. The summed E-state index contributed by atoms with van der Waals surface area (Å²) in [5, 5.41) is 3.15. The molecular formula is C14H17ClN2O2. The molecule has 5 heteroatoms. The number of hydrogen-bond acceptors (Lipinski definition) is 2. The lowest BCUT2D eigenvalue weighted by Gasteiger charge is -2.25. The zero-order valence-corrected chi connectivity index (χ0v) is 11.7. The maximum absolute atomic E-state index is 12.0. The van der Waals surface area contributed by atoms with Gasteiger partial charge in [0.2, 0.25) is 0 Å². The van der Waals surface area contributed by atoms with Gasteiger partial charge >= 0.3 is 11.8 Å². The predicted molar refractivity (Wildman–Crippen MR) is 75.2 cm³/mol. The van der Waals surface area contributed by atoms with Crippen LogP contribution in [-0.4, -0.2) is 29.8 Å². The molecule has 0 saturated carbocycles. The molecule has 0 bridgehead atoms. The Labute approximate surface area is 117 Å². The van der Waals surface area contributed by atoms with E-state index in [1.807, 2.05) is 6.92 Å². The van der Waals surface area contributed by atoms with Gasteiger partial charge in [0.15, 0.2) is 0 Å². The first-order valence-corrected chi connectivity index (χ1v) is 6.81. The zero-order chi connectivity index (χ0) is 13.8. The first kappa shape index (κ1) is 13.9. The fourth-order valence-corrected chi connectivity index (χ4v) is 2.52. The van der Waals surface area contributed by atoms with Gasteiger partial charge in [0.1, 0.15) is 0 Å². The Morgan fingerprint density at radius 2 is 1.84 bits per heavy atom.